The number of rotatable bonds is 5. The predicted molar refractivity (Wildman–Crippen MR) is 83.2 cm³/mol. The summed E-state index contributed by atoms with van der Waals surface area (Å²) in [5.74, 6) is 1.69. The molecule has 4 atom stereocenters. The number of nitrogens with zero attached hydrogens (tertiary/aromatic N) is 1. The van der Waals surface area contributed by atoms with Gasteiger partial charge in [-0.15, -0.1) is 0 Å². The zero-order valence-electron chi connectivity index (χ0n) is 13.3. The lowest BCUT2D eigenvalue weighted by Crippen LogP contribution is -2.60. The average molecular weight is 266 g/mol. The Kier molecular flexibility index (Phi) is 5.30. The number of hydrogen-bond donors (Lipinski definition) is 1. The standard InChI is InChI=1S/C17H34N2/c1-4-14-9-8-10-15(13-14)16(18)17(3,5-2)19-11-6-7-12-19/h14-16H,4-13,18H2,1-3H3. The predicted octanol–water partition coefficient (Wildman–Crippen LogP) is 3.79. The van der Waals surface area contributed by atoms with Gasteiger partial charge in [-0.1, -0.05) is 33.1 Å². The van der Waals surface area contributed by atoms with Crippen LogP contribution in [0.25, 0.3) is 0 Å². The van der Waals surface area contributed by atoms with Crippen molar-refractivity contribution in [3.05, 3.63) is 0 Å². The van der Waals surface area contributed by atoms with Crippen LogP contribution in [0, 0.1) is 11.8 Å². The Balaban J connectivity index is 2.04. The van der Waals surface area contributed by atoms with Crippen LogP contribution >= 0.6 is 0 Å². The molecule has 1 saturated heterocycles. The normalized spacial score (nSPS) is 34.1. The Morgan fingerprint density at radius 2 is 1.84 bits per heavy atom. The van der Waals surface area contributed by atoms with Crippen LogP contribution in [0.2, 0.25) is 0 Å². The Morgan fingerprint density at radius 1 is 1.16 bits per heavy atom. The molecule has 0 aromatic rings. The smallest absolute Gasteiger partial charge is 0.0332 e. The van der Waals surface area contributed by atoms with Crippen LogP contribution in [0.4, 0.5) is 0 Å². The molecule has 0 amide bonds. The molecule has 2 nitrogen and oxygen atoms in total. The Morgan fingerprint density at radius 3 is 2.42 bits per heavy atom. The van der Waals surface area contributed by atoms with Crippen molar-refractivity contribution < 1.29 is 0 Å². The fraction of sp³-hybridized carbons (Fsp3) is 1.00. The van der Waals surface area contributed by atoms with Crippen molar-refractivity contribution in [3.8, 4) is 0 Å². The summed E-state index contributed by atoms with van der Waals surface area (Å²) >= 11 is 0. The van der Waals surface area contributed by atoms with Crippen LogP contribution < -0.4 is 5.73 Å². The number of likely N-dealkylation sites (tertiary alicyclic amines) is 1. The maximum Gasteiger partial charge on any atom is 0.0332 e. The summed E-state index contributed by atoms with van der Waals surface area (Å²) in [5, 5.41) is 0. The molecule has 19 heavy (non-hydrogen) atoms. The van der Waals surface area contributed by atoms with Crippen molar-refractivity contribution >= 4 is 0 Å². The lowest BCUT2D eigenvalue weighted by Gasteiger charge is -2.47. The summed E-state index contributed by atoms with van der Waals surface area (Å²) in [4.78, 5) is 2.69. The molecule has 1 aliphatic carbocycles. The molecule has 112 valence electrons. The van der Waals surface area contributed by atoms with E-state index in [-0.39, 0.29) is 5.54 Å². The highest BCUT2D eigenvalue weighted by Crippen LogP contribution is 2.38. The third kappa shape index (κ3) is 3.16. The molecular weight excluding hydrogens is 232 g/mol. The Labute approximate surface area is 120 Å². The molecule has 1 aliphatic heterocycles. The molecule has 2 fully saturated rings. The molecule has 2 aliphatic rings. The van der Waals surface area contributed by atoms with Gasteiger partial charge in [0.2, 0.25) is 0 Å². The monoisotopic (exact) mass is 266 g/mol. The first-order valence-electron chi connectivity index (χ1n) is 8.62. The van der Waals surface area contributed by atoms with Crippen LogP contribution in [0.3, 0.4) is 0 Å². The molecule has 2 N–H and O–H groups in total. The van der Waals surface area contributed by atoms with E-state index in [9.17, 15) is 0 Å². The van der Waals surface area contributed by atoms with Gasteiger partial charge in [0.25, 0.3) is 0 Å². The van der Waals surface area contributed by atoms with Crippen LogP contribution in [-0.2, 0) is 0 Å². The molecule has 1 saturated carbocycles. The summed E-state index contributed by atoms with van der Waals surface area (Å²) in [7, 11) is 0. The molecule has 0 aromatic heterocycles. The first-order valence-corrected chi connectivity index (χ1v) is 8.62. The number of hydrogen-bond acceptors (Lipinski definition) is 2. The largest absolute Gasteiger partial charge is 0.326 e. The van der Waals surface area contributed by atoms with Crippen molar-refractivity contribution in [1.29, 1.82) is 0 Å². The highest BCUT2D eigenvalue weighted by atomic mass is 15.2. The van der Waals surface area contributed by atoms with Gasteiger partial charge >= 0.3 is 0 Å². The van der Waals surface area contributed by atoms with Crippen molar-refractivity contribution in [1.82, 2.24) is 4.90 Å². The van der Waals surface area contributed by atoms with Gasteiger partial charge in [0.1, 0.15) is 0 Å². The second kappa shape index (κ2) is 6.58. The molecule has 2 heteroatoms. The minimum absolute atomic E-state index is 0.233. The fourth-order valence-electron chi connectivity index (χ4n) is 4.44. The first kappa shape index (κ1) is 15.3. The van der Waals surface area contributed by atoms with Gasteiger partial charge in [0.15, 0.2) is 0 Å². The average Bonchev–Trinajstić information content (AvgIpc) is 3.00. The summed E-state index contributed by atoms with van der Waals surface area (Å²) in [6, 6.07) is 0.366. The lowest BCUT2D eigenvalue weighted by molar-refractivity contribution is 0.0575. The van der Waals surface area contributed by atoms with Gasteiger partial charge in [0, 0.05) is 11.6 Å². The summed E-state index contributed by atoms with van der Waals surface area (Å²) in [6.45, 7) is 9.64. The van der Waals surface area contributed by atoms with Gasteiger partial charge < -0.3 is 5.73 Å². The van der Waals surface area contributed by atoms with E-state index in [0.717, 1.165) is 11.8 Å². The SMILES string of the molecule is CCC1CCCC(C(N)C(C)(CC)N2CCCC2)C1. The zero-order chi connectivity index (χ0) is 13.9. The topological polar surface area (TPSA) is 29.3 Å². The molecular formula is C17H34N2. The molecule has 0 bridgehead atoms. The van der Waals surface area contributed by atoms with Gasteiger partial charge in [-0.05, 0) is 64.0 Å². The molecule has 0 radical (unpaired) electrons. The van der Waals surface area contributed by atoms with E-state index in [0.29, 0.717) is 6.04 Å². The highest BCUT2D eigenvalue weighted by Gasteiger charge is 2.42. The fourth-order valence-corrected chi connectivity index (χ4v) is 4.44. The maximum absolute atomic E-state index is 6.79. The van der Waals surface area contributed by atoms with E-state index >= 15 is 0 Å². The number of nitrogens with two attached hydrogens (primary N) is 1. The van der Waals surface area contributed by atoms with Crippen LogP contribution in [-0.4, -0.2) is 29.6 Å². The van der Waals surface area contributed by atoms with E-state index in [1.807, 2.05) is 0 Å². The second-order valence-electron chi connectivity index (χ2n) is 7.13. The summed E-state index contributed by atoms with van der Waals surface area (Å²) in [6.07, 6.45) is 10.8. The molecule has 0 aromatic carbocycles. The Bertz CT molecular complexity index is 272. The lowest BCUT2D eigenvalue weighted by atomic mass is 9.71. The van der Waals surface area contributed by atoms with E-state index in [2.05, 4.69) is 25.7 Å². The summed E-state index contributed by atoms with van der Waals surface area (Å²) < 4.78 is 0. The van der Waals surface area contributed by atoms with Crippen LogP contribution in [0.5, 0.6) is 0 Å². The minimum Gasteiger partial charge on any atom is -0.326 e. The van der Waals surface area contributed by atoms with Crippen molar-refractivity contribution in [2.75, 3.05) is 13.1 Å². The molecule has 2 rings (SSSR count). The van der Waals surface area contributed by atoms with Crippen molar-refractivity contribution in [2.45, 2.75) is 83.7 Å². The van der Waals surface area contributed by atoms with E-state index < -0.39 is 0 Å². The zero-order valence-corrected chi connectivity index (χ0v) is 13.3. The van der Waals surface area contributed by atoms with Gasteiger partial charge in [-0.2, -0.15) is 0 Å². The molecule has 1 heterocycles. The molecule has 4 unspecified atom stereocenters. The van der Waals surface area contributed by atoms with Crippen molar-refractivity contribution in [2.24, 2.45) is 17.6 Å². The van der Waals surface area contributed by atoms with Gasteiger partial charge in [-0.25, -0.2) is 0 Å². The summed E-state index contributed by atoms with van der Waals surface area (Å²) in [5.41, 5.74) is 7.03. The molecule has 0 spiro atoms. The Hall–Kier alpha value is -0.0800. The van der Waals surface area contributed by atoms with Gasteiger partial charge in [0.05, 0.1) is 0 Å². The highest BCUT2D eigenvalue weighted by molar-refractivity contribution is 5.00. The van der Waals surface area contributed by atoms with E-state index in [4.69, 9.17) is 5.73 Å². The first-order chi connectivity index (χ1) is 9.11. The minimum atomic E-state index is 0.233. The van der Waals surface area contributed by atoms with Crippen molar-refractivity contribution in [3.63, 3.8) is 0 Å². The van der Waals surface area contributed by atoms with E-state index in [1.54, 1.807) is 0 Å². The third-order valence-electron chi connectivity index (χ3n) is 6.17. The second-order valence-corrected chi connectivity index (χ2v) is 7.13. The van der Waals surface area contributed by atoms with Crippen LogP contribution in [0.1, 0.15) is 72.1 Å². The quantitative estimate of drug-likeness (QED) is 0.820. The van der Waals surface area contributed by atoms with E-state index in [1.165, 1.54) is 64.5 Å². The maximum atomic E-state index is 6.79. The van der Waals surface area contributed by atoms with Crippen LogP contribution in [0.15, 0.2) is 0 Å². The van der Waals surface area contributed by atoms with Gasteiger partial charge in [-0.3, -0.25) is 4.90 Å². The third-order valence-corrected chi connectivity index (χ3v) is 6.17.